The number of carbonyl (C=O) groups is 1. The van der Waals surface area contributed by atoms with Crippen LogP contribution in [0.3, 0.4) is 0 Å². The van der Waals surface area contributed by atoms with Crippen LogP contribution in [-0.4, -0.2) is 52.1 Å². The van der Waals surface area contributed by atoms with Gasteiger partial charge < -0.3 is 14.7 Å². The van der Waals surface area contributed by atoms with Gasteiger partial charge in [0.15, 0.2) is 5.69 Å². The molecule has 1 aromatic rings. The van der Waals surface area contributed by atoms with Crippen LogP contribution in [-0.2, 0) is 0 Å². The maximum Gasteiger partial charge on any atom is 0.354 e. The molecule has 1 unspecified atom stereocenters. The minimum atomic E-state index is -1.25. The lowest BCUT2D eigenvalue weighted by Crippen LogP contribution is -2.40. The summed E-state index contributed by atoms with van der Waals surface area (Å²) in [7, 11) is 1.97. The van der Waals surface area contributed by atoms with Crippen LogP contribution in [0.15, 0.2) is 12.1 Å². The number of piperidine rings is 1. The summed E-state index contributed by atoms with van der Waals surface area (Å²) in [4.78, 5) is 27.1. The highest BCUT2D eigenvalue weighted by molar-refractivity contribution is 5.85. The van der Waals surface area contributed by atoms with Gasteiger partial charge in [-0.1, -0.05) is 6.42 Å². The SMILES string of the molecule is CN1CCCCC1COc1nc(C(=O)O)ccc1[N+](=O)[O-]. The van der Waals surface area contributed by atoms with E-state index in [0.717, 1.165) is 37.9 Å². The zero-order valence-electron chi connectivity index (χ0n) is 11.7. The van der Waals surface area contributed by atoms with Gasteiger partial charge in [-0.3, -0.25) is 10.1 Å². The standard InChI is InChI=1S/C13H17N3O5/c1-15-7-3-2-4-9(15)8-21-12-11(16(19)20)6-5-10(14-12)13(17)18/h5-6,9H,2-4,7-8H2,1H3,(H,17,18). The summed E-state index contributed by atoms with van der Waals surface area (Å²) in [5.41, 5.74) is -0.592. The van der Waals surface area contributed by atoms with Gasteiger partial charge in [-0.25, -0.2) is 9.78 Å². The van der Waals surface area contributed by atoms with Crippen molar-refractivity contribution in [1.82, 2.24) is 9.88 Å². The smallest absolute Gasteiger partial charge is 0.354 e. The van der Waals surface area contributed by atoms with E-state index in [-0.39, 0.29) is 29.9 Å². The third-order valence-electron chi connectivity index (χ3n) is 3.59. The monoisotopic (exact) mass is 295 g/mol. The number of pyridine rings is 1. The Bertz CT molecular complexity index is 549. The van der Waals surface area contributed by atoms with Crippen molar-refractivity contribution in [3.8, 4) is 5.88 Å². The average Bonchev–Trinajstić information content (AvgIpc) is 2.46. The van der Waals surface area contributed by atoms with Crippen molar-refractivity contribution in [3.05, 3.63) is 27.9 Å². The Morgan fingerprint density at radius 3 is 2.95 bits per heavy atom. The Kier molecular flexibility index (Phi) is 4.69. The van der Waals surface area contributed by atoms with Gasteiger partial charge in [0.25, 0.3) is 5.88 Å². The van der Waals surface area contributed by atoms with E-state index in [9.17, 15) is 14.9 Å². The maximum atomic E-state index is 10.9. The molecule has 2 rings (SSSR count). The maximum absolute atomic E-state index is 10.9. The number of hydrogen-bond acceptors (Lipinski definition) is 6. The van der Waals surface area contributed by atoms with Gasteiger partial charge in [0, 0.05) is 12.1 Å². The van der Waals surface area contributed by atoms with Crippen molar-refractivity contribution in [3.63, 3.8) is 0 Å². The first kappa shape index (κ1) is 15.2. The number of carboxylic acids is 1. The number of nitrogens with zero attached hydrogens (tertiary/aromatic N) is 3. The first-order chi connectivity index (χ1) is 9.99. The lowest BCUT2D eigenvalue weighted by atomic mass is 10.0. The number of nitro groups is 1. The molecule has 0 radical (unpaired) electrons. The Morgan fingerprint density at radius 2 is 2.33 bits per heavy atom. The van der Waals surface area contributed by atoms with E-state index in [1.165, 1.54) is 0 Å². The van der Waals surface area contributed by atoms with Crippen molar-refractivity contribution in [1.29, 1.82) is 0 Å². The lowest BCUT2D eigenvalue weighted by molar-refractivity contribution is -0.386. The molecule has 0 aliphatic carbocycles. The number of aromatic carboxylic acids is 1. The molecule has 0 bridgehead atoms. The molecule has 1 aromatic heterocycles. The van der Waals surface area contributed by atoms with Gasteiger partial charge in [0.05, 0.1) is 4.92 Å². The number of carboxylic acid groups (broad SMARTS) is 1. The van der Waals surface area contributed by atoms with E-state index in [1.807, 2.05) is 7.05 Å². The topological polar surface area (TPSA) is 106 Å². The molecule has 1 saturated heterocycles. The quantitative estimate of drug-likeness (QED) is 0.648. The van der Waals surface area contributed by atoms with Gasteiger partial charge in [0.1, 0.15) is 6.61 Å². The van der Waals surface area contributed by atoms with Crippen molar-refractivity contribution < 1.29 is 19.6 Å². The second kappa shape index (κ2) is 6.49. The third-order valence-corrected chi connectivity index (χ3v) is 3.59. The molecule has 1 aliphatic rings. The van der Waals surface area contributed by atoms with Crippen LogP contribution in [0, 0.1) is 10.1 Å². The van der Waals surface area contributed by atoms with Crippen molar-refractivity contribution in [2.24, 2.45) is 0 Å². The normalized spacial score (nSPS) is 19.2. The molecular formula is C13H17N3O5. The summed E-state index contributed by atoms with van der Waals surface area (Å²) in [6.45, 7) is 1.21. The van der Waals surface area contributed by atoms with Gasteiger partial charge in [-0.05, 0) is 32.5 Å². The minimum absolute atomic E-state index is 0.161. The highest BCUT2D eigenvalue weighted by Gasteiger charge is 2.24. The van der Waals surface area contributed by atoms with E-state index < -0.39 is 10.9 Å². The predicted octanol–water partition coefficient (Wildman–Crippen LogP) is 1.55. The number of rotatable bonds is 5. The van der Waals surface area contributed by atoms with Gasteiger partial charge in [0.2, 0.25) is 0 Å². The van der Waals surface area contributed by atoms with Crippen LogP contribution in [0.1, 0.15) is 29.8 Å². The fourth-order valence-corrected chi connectivity index (χ4v) is 2.33. The van der Waals surface area contributed by atoms with E-state index >= 15 is 0 Å². The summed E-state index contributed by atoms with van der Waals surface area (Å²) >= 11 is 0. The van der Waals surface area contributed by atoms with Gasteiger partial charge >= 0.3 is 11.7 Å². The number of hydrogen-bond donors (Lipinski definition) is 1. The number of aromatic nitrogens is 1. The lowest BCUT2D eigenvalue weighted by Gasteiger charge is -2.31. The molecule has 1 atom stereocenters. The Balaban J connectivity index is 2.14. The fourth-order valence-electron chi connectivity index (χ4n) is 2.33. The molecule has 21 heavy (non-hydrogen) atoms. The average molecular weight is 295 g/mol. The first-order valence-corrected chi connectivity index (χ1v) is 6.71. The highest BCUT2D eigenvalue weighted by Crippen LogP contribution is 2.25. The highest BCUT2D eigenvalue weighted by atomic mass is 16.6. The van der Waals surface area contributed by atoms with Crippen LogP contribution in [0.5, 0.6) is 5.88 Å². The van der Waals surface area contributed by atoms with Crippen molar-refractivity contribution >= 4 is 11.7 Å². The molecule has 2 heterocycles. The molecule has 1 aliphatic heterocycles. The second-order valence-corrected chi connectivity index (χ2v) is 5.02. The second-order valence-electron chi connectivity index (χ2n) is 5.02. The Hall–Kier alpha value is -2.22. The van der Waals surface area contributed by atoms with E-state index in [4.69, 9.17) is 9.84 Å². The van der Waals surface area contributed by atoms with Crippen molar-refractivity contribution in [2.45, 2.75) is 25.3 Å². The molecule has 0 saturated carbocycles. The molecule has 0 amide bonds. The largest absolute Gasteiger partial charge is 0.477 e. The minimum Gasteiger partial charge on any atom is -0.477 e. The van der Waals surface area contributed by atoms with Gasteiger partial charge in [-0.15, -0.1) is 0 Å². The molecule has 1 fully saturated rings. The number of likely N-dealkylation sites (N-methyl/N-ethyl adjacent to an activating group) is 1. The molecule has 0 spiro atoms. The first-order valence-electron chi connectivity index (χ1n) is 6.71. The molecule has 114 valence electrons. The Labute approximate surface area is 121 Å². The summed E-state index contributed by atoms with van der Waals surface area (Å²) < 4.78 is 5.44. The summed E-state index contributed by atoms with van der Waals surface area (Å²) in [6, 6.07) is 2.37. The molecule has 8 heteroatoms. The molecular weight excluding hydrogens is 278 g/mol. The third kappa shape index (κ3) is 3.66. The zero-order valence-corrected chi connectivity index (χ0v) is 11.7. The van der Waals surface area contributed by atoms with Crippen molar-refractivity contribution in [2.75, 3.05) is 20.2 Å². The fraction of sp³-hybridized carbons (Fsp3) is 0.538. The molecule has 8 nitrogen and oxygen atoms in total. The predicted molar refractivity (Wildman–Crippen MR) is 73.6 cm³/mol. The summed E-state index contributed by atoms with van der Waals surface area (Å²) in [5, 5.41) is 19.8. The van der Waals surface area contributed by atoms with Crippen LogP contribution in [0.25, 0.3) is 0 Å². The van der Waals surface area contributed by atoms with E-state index in [2.05, 4.69) is 9.88 Å². The van der Waals surface area contributed by atoms with E-state index in [0.29, 0.717) is 0 Å². The van der Waals surface area contributed by atoms with E-state index in [1.54, 1.807) is 0 Å². The molecule has 1 N–H and O–H groups in total. The van der Waals surface area contributed by atoms with Crippen LogP contribution in [0.4, 0.5) is 5.69 Å². The zero-order chi connectivity index (χ0) is 15.4. The number of ether oxygens (including phenoxy) is 1. The Morgan fingerprint density at radius 1 is 1.57 bits per heavy atom. The van der Waals surface area contributed by atoms with Crippen LogP contribution in [0.2, 0.25) is 0 Å². The van der Waals surface area contributed by atoms with Gasteiger partial charge in [-0.2, -0.15) is 0 Å². The number of likely N-dealkylation sites (tertiary alicyclic amines) is 1. The summed E-state index contributed by atoms with van der Waals surface area (Å²) in [5.74, 6) is -1.48. The van der Waals surface area contributed by atoms with Crippen LogP contribution < -0.4 is 4.74 Å². The van der Waals surface area contributed by atoms with Crippen LogP contribution >= 0.6 is 0 Å². The summed E-state index contributed by atoms with van der Waals surface area (Å²) in [6.07, 6.45) is 3.16. The molecule has 0 aromatic carbocycles.